The maximum atomic E-state index is 12.2. The van der Waals surface area contributed by atoms with Gasteiger partial charge in [0.05, 0.1) is 9.82 Å². The van der Waals surface area contributed by atoms with Gasteiger partial charge in [-0.05, 0) is 42.8 Å². The van der Waals surface area contributed by atoms with Crippen LogP contribution in [0.25, 0.3) is 0 Å². The fourth-order valence-corrected chi connectivity index (χ4v) is 1.85. The Morgan fingerprint density at radius 2 is 1.75 bits per heavy atom. The molecule has 16 heavy (non-hydrogen) atoms. The number of halogens is 3. The van der Waals surface area contributed by atoms with E-state index in [1.807, 2.05) is 0 Å². The summed E-state index contributed by atoms with van der Waals surface area (Å²) in [4.78, 5) is 9.42. The smallest absolute Gasteiger partial charge is 0.258 e. The van der Waals surface area contributed by atoms with E-state index in [2.05, 4.69) is 0 Å². The zero-order chi connectivity index (χ0) is 12.5. The lowest BCUT2D eigenvalue weighted by Gasteiger charge is -2.08. The van der Waals surface area contributed by atoms with Gasteiger partial charge in [-0.1, -0.05) is 0 Å². The van der Waals surface area contributed by atoms with Crippen molar-refractivity contribution < 1.29 is 18.1 Å². The first-order valence-corrected chi connectivity index (χ1v) is 5.04. The fraction of sp³-hybridized carbons (Fsp3) is 0.333. The number of hydrogen-bond acceptors (Lipinski definition) is 3. The molecule has 0 radical (unpaired) electrons. The van der Waals surface area contributed by atoms with Crippen molar-refractivity contribution in [1.82, 2.24) is 0 Å². The standard InChI is InChI=1S/C9H8F3NO2S/c1-5-3-7(13(14)15)8(4-6(5)2)16-9(10,11)12/h3-4H,1-2H3. The monoisotopic (exact) mass is 251 g/mol. The molecule has 0 spiro atoms. The summed E-state index contributed by atoms with van der Waals surface area (Å²) in [6, 6.07) is 2.34. The molecular formula is C9H8F3NO2S. The van der Waals surface area contributed by atoms with Crippen LogP contribution in [0.2, 0.25) is 0 Å². The van der Waals surface area contributed by atoms with Crippen molar-refractivity contribution in [2.75, 3.05) is 0 Å². The number of nitrogens with zero attached hydrogens (tertiary/aromatic N) is 1. The molecule has 88 valence electrons. The average Bonchev–Trinajstić information content (AvgIpc) is 2.07. The highest BCUT2D eigenvalue weighted by Crippen LogP contribution is 2.42. The number of nitro groups is 1. The molecular weight excluding hydrogens is 243 g/mol. The van der Waals surface area contributed by atoms with Crippen molar-refractivity contribution in [3.05, 3.63) is 33.4 Å². The van der Waals surface area contributed by atoms with E-state index in [4.69, 9.17) is 0 Å². The molecule has 0 bridgehead atoms. The Bertz CT molecular complexity index is 431. The van der Waals surface area contributed by atoms with Gasteiger partial charge in [0.25, 0.3) is 5.69 Å². The molecule has 1 aromatic rings. The van der Waals surface area contributed by atoms with Crippen molar-refractivity contribution in [2.45, 2.75) is 24.3 Å². The van der Waals surface area contributed by atoms with Crippen molar-refractivity contribution in [2.24, 2.45) is 0 Å². The summed E-state index contributed by atoms with van der Waals surface area (Å²) in [5.41, 5.74) is -3.84. The Morgan fingerprint density at radius 1 is 1.25 bits per heavy atom. The summed E-state index contributed by atoms with van der Waals surface area (Å²) < 4.78 is 36.5. The Balaban J connectivity index is 3.25. The third-order valence-corrected chi connectivity index (χ3v) is 2.78. The van der Waals surface area contributed by atoms with Gasteiger partial charge in [0.15, 0.2) is 0 Å². The third kappa shape index (κ3) is 3.13. The highest BCUT2D eigenvalue weighted by atomic mass is 32.2. The van der Waals surface area contributed by atoms with E-state index in [1.165, 1.54) is 6.07 Å². The van der Waals surface area contributed by atoms with Gasteiger partial charge in [0, 0.05) is 6.07 Å². The van der Waals surface area contributed by atoms with Crippen LogP contribution < -0.4 is 0 Å². The van der Waals surface area contributed by atoms with Gasteiger partial charge in [-0.3, -0.25) is 10.1 Å². The molecule has 0 aliphatic heterocycles. The van der Waals surface area contributed by atoms with Gasteiger partial charge >= 0.3 is 5.51 Å². The normalized spacial score (nSPS) is 11.6. The number of aryl methyl sites for hydroxylation is 2. The lowest BCUT2D eigenvalue weighted by atomic mass is 10.1. The molecule has 0 aliphatic carbocycles. The number of thioether (sulfide) groups is 1. The van der Waals surface area contributed by atoms with Crippen LogP contribution in [0.4, 0.5) is 18.9 Å². The van der Waals surface area contributed by atoms with Gasteiger partial charge in [-0.2, -0.15) is 13.2 Å². The molecule has 0 N–H and O–H groups in total. The first kappa shape index (κ1) is 12.8. The summed E-state index contributed by atoms with van der Waals surface area (Å²) in [6.45, 7) is 3.23. The van der Waals surface area contributed by atoms with Crippen LogP contribution in [-0.4, -0.2) is 10.4 Å². The maximum Gasteiger partial charge on any atom is 0.446 e. The largest absolute Gasteiger partial charge is 0.446 e. The first-order valence-electron chi connectivity index (χ1n) is 4.22. The molecule has 0 saturated heterocycles. The average molecular weight is 251 g/mol. The summed E-state index contributed by atoms with van der Waals surface area (Å²) in [6.07, 6.45) is 0. The third-order valence-electron chi connectivity index (χ3n) is 2.00. The zero-order valence-electron chi connectivity index (χ0n) is 8.46. The van der Waals surface area contributed by atoms with Crippen LogP contribution in [0, 0.1) is 24.0 Å². The molecule has 1 aromatic carbocycles. The fourth-order valence-electron chi connectivity index (χ4n) is 1.12. The van der Waals surface area contributed by atoms with Crippen molar-refractivity contribution in [1.29, 1.82) is 0 Å². The van der Waals surface area contributed by atoms with Gasteiger partial charge in [0.1, 0.15) is 0 Å². The van der Waals surface area contributed by atoms with Gasteiger partial charge in [-0.15, -0.1) is 0 Å². The zero-order valence-corrected chi connectivity index (χ0v) is 9.28. The van der Waals surface area contributed by atoms with Crippen LogP contribution >= 0.6 is 11.8 Å². The lowest BCUT2D eigenvalue weighted by molar-refractivity contribution is -0.387. The molecule has 0 amide bonds. The minimum Gasteiger partial charge on any atom is -0.258 e. The molecule has 1 rings (SSSR count). The SMILES string of the molecule is Cc1cc(SC(F)(F)F)c([N+](=O)[O-])cc1C. The number of alkyl halides is 3. The summed E-state index contributed by atoms with van der Waals surface area (Å²) in [5.74, 6) is 0. The topological polar surface area (TPSA) is 43.1 Å². The Hall–Kier alpha value is -1.24. The van der Waals surface area contributed by atoms with Gasteiger partial charge < -0.3 is 0 Å². The van der Waals surface area contributed by atoms with Gasteiger partial charge in [-0.25, -0.2) is 0 Å². The second kappa shape index (κ2) is 4.32. The summed E-state index contributed by atoms with van der Waals surface area (Å²) >= 11 is -0.463. The summed E-state index contributed by atoms with van der Waals surface area (Å²) in [7, 11) is 0. The minimum atomic E-state index is -4.52. The molecule has 0 fully saturated rings. The van der Waals surface area contributed by atoms with E-state index in [9.17, 15) is 23.3 Å². The molecule has 0 aliphatic rings. The molecule has 0 atom stereocenters. The van der Waals surface area contributed by atoms with E-state index < -0.39 is 27.9 Å². The van der Waals surface area contributed by atoms with Crippen LogP contribution in [0.1, 0.15) is 11.1 Å². The number of benzene rings is 1. The number of hydrogen-bond donors (Lipinski definition) is 0. The predicted molar refractivity (Wildman–Crippen MR) is 54.5 cm³/mol. The van der Waals surface area contributed by atoms with Gasteiger partial charge in [0.2, 0.25) is 0 Å². The second-order valence-corrected chi connectivity index (χ2v) is 4.32. The Kier molecular flexibility index (Phi) is 3.47. The highest BCUT2D eigenvalue weighted by Gasteiger charge is 2.33. The quantitative estimate of drug-likeness (QED) is 0.456. The predicted octanol–water partition coefficient (Wildman–Crippen LogP) is 3.82. The minimum absolute atomic E-state index is 0.374. The molecule has 0 aromatic heterocycles. The van der Waals surface area contributed by atoms with Crippen molar-refractivity contribution in [3.63, 3.8) is 0 Å². The number of rotatable bonds is 2. The Labute approximate surface area is 93.8 Å². The van der Waals surface area contributed by atoms with Crippen LogP contribution in [0.15, 0.2) is 17.0 Å². The highest BCUT2D eigenvalue weighted by molar-refractivity contribution is 8.00. The molecule has 0 heterocycles. The molecule has 3 nitrogen and oxygen atoms in total. The van der Waals surface area contributed by atoms with Crippen molar-refractivity contribution in [3.8, 4) is 0 Å². The lowest BCUT2D eigenvalue weighted by Crippen LogP contribution is -2.02. The number of nitro benzene ring substituents is 1. The Morgan fingerprint density at radius 3 is 2.19 bits per heavy atom. The van der Waals surface area contributed by atoms with E-state index in [0.29, 0.717) is 11.1 Å². The van der Waals surface area contributed by atoms with E-state index in [1.54, 1.807) is 13.8 Å². The van der Waals surface area contributed by atoms with Crippen LogP contribution in [0.3, 0.4) is 0 Å². The maximum absolute atomic E-state index is 12.2. The first-order chi connectivity index (χ1) is 7.20. The summed E-state index contributed by atoms with van der Waals surface area (Å²) in [5, 5.41) is 10.6. The second-order valence-electron chi connectivity index (χ2n) is 3.21. The van der Waals surface area contributed by atoms with Crippen LogP contribution in [-0.2, 0) is 0 Å². The molecule has 7 heteroatoms. The molecule has 0 saturated carbocycles. The van der Waals surface area contributed by atoms with E-state index >= 15 is 0 Å². The van der Waals surface area contributed by atoms with Crippen LogP contribution in [0.5, 0.6) is 0 Å². The van der Waals surface area contributed by atoms with E-state index in [-0.39, 0.29) is 4.90 Å². The van der Waals surface area contributed by atoms with E-state index in [0.717, 1.165) is 6.07 Å². The van der Waals surface area contributed by atoms with Crippen molar-refractivity contribution >= 4 is 17.4 Å². The molecule has 0 unspecified atom stereocenters.